The van der Waals surface area contributed by atoms with Crippen LogP contribution < -0.4 is 0 Å². The molecule has 80 valence electrons. The second kappa shape index (κ2) is 5.26. The van der Waals surface area contributed by atoms with Crippen molar-refractivity contribution in [3.63, 3.8) is 0 Å². The fourth-order valence-electron chi connectivity index (χ4n) is 0.803. The Labute approximate surface area is 87.5 Å². The Morgan fingerprint density at radius 1 is 1.27 bits per heavy atom. The standard InChI is InChI=1S/C9H9NO4S/c11-8-4-7-10-14-15(12,13)9-5-2-1-3-6-9/h1-3,5-8H,4H2/b10-7+. The summed E-state index contributed by atoms with van der Waals surface area (Å²) in [7, 11) is -3.85. The van der Waals surface area contributed by atoms with Gasteiger partial charge in [0.15, 0.2) is 0 Å². The predicted molar refractivity (Wildman–Crippen MR) is 53.9 cm³/mol. The molecular weight excluding hydrogens is 218 g/mol. The molecule has 1 aromatic carbocycles. The molecule has 0 unspecified atom stereocenters. The van der Waals surface area contributed by atoms with E-state index in [9.17, 15) is 13.2 Å². The molecule has 5 nitrogen and oxygen atoms in total. The van der Waals surface area contributed by atoms with Crippen LogP contribution in [0.2, 0.25) is 0 Å². The Morgan fingerprint density at radius 2 is 1.93 bits per heavy atom. The minimum atomic E-state index is -3.85. The maximum atomic E-state index is 11.4. The summed E-state index contributed by atoms with van der Waals surface area (Å²) in [6.07, 6.45) is 1.68. The number of aldehydes is 1. The molecule has 0 N–H and O–H groups in total. The highest BCUT2D eigenvalue weighted by molar-refractivity contribution is 7.86. The molecule has 15 heavy (non-hydrogen) atoms. The van der Waals surface area contributed by atoms with E-state index in [0.29, 0.717) is 6.29 Å². The summed E-state index contributed by atoms with van der Waals surface area (Å²) in [5.41, 5.74) is 0. The van der Waals surface area contributed by atoms with Crippen molar-refractivity contribution in [1.82, 2.24) is 0 Å². The summed E-state index contributed by atoms with van der Waals surface area (Å²) in [6.45, 7) is 0. The summed E-state index contributed by atoms with van der Waals surface area (Å²) in [5, 5.41) is 3.16. The van der Waals surface area contributed by atoms with Crippen molar-refractivity contribution in [2.75, 3.05) is 0 Å². The van der Waals surface area contributed by atoms with Crippen molar-refractivity contribution < 1.29 is 17.5 Å². The van der Waals surface area contributed by atoms with E-state index in [1.165, 1.54) is 12.1 Å². The number of carbonyl (C=O) groups is 1. The molecule has 0 fully saturated rings. The van der Waals surface area contributed by atoms with Crippen molar-refractivity contribution in [1.29, 1.82) is 0 Å². The highest BCUT2D eigenvalue weighted by atomic mass is 32.2. The van der Waals surface area contributed by atoms with Crippen molar-refractivity contribution in [3.8, 4) is 0 Å². The maximum absolute atomic E-state index is 11.4. The molecule has 0 radical (unpaired) electrons. The van der Waals surface area contributed by atoms with Crippen molar-refractivity contribution in [3.05, 3.63) is 30.3 Å². The first-order chi connectivity index (χ1) is 7.17. The van der Waals surface area contributed by atoms with Crippen LogP contribution in [0.1, 0.15) is 6.42 Å². The summed E-state index contributed by atoms with van der Waals surface area (Å²) in [5.74, 6) is 0. The molecule has 0 aliphatic rings. The number of hydrogen-bond acceptors (Lipinski definition) is 5. The molecule has 0 aliphatic heterocycles. The number of oxime groups is 1. The van der Waals surface area contributed by atoms with E-state index < -0.39 is 10.1 Å². The fraction of sp³-hybridized carbons (Fsp3) is 0.111. The van der Waals surface area contributed by atoms with Gasteiger partial charge in [0, 0.05) is 6.42 Å². The number of rotatable bonds is 5. The minimum absolute atomic E-state index is 0.0182. The van der Waals surface area contributed by atoms with Gasteiger partial charge in [0.25, 0.3) is 0 Å². The second-order valence-corrected chi connectivity index (χ2v) is 4.06. The number of carbonyl (C=O) groups excluding carboxylic acids is 1. The van der Waals surface area contributed by atoms with Gasteiger partial charge < -0.3 is 4.79 Å². The zero-order chi connectivity index (χ0) is 11.1. The van der Waals surface area contributed by atoms with E-state index in [2.05, 4.69) is 9.44 Å². The topological polar surface area (TPSA) is 72.8 Å². The molecule has 1 aromatic rings. The Balaban J connectivity index is 2.73. The average molecular weight is 227 g/mol. The normalized spacial score (nSPS) is 11.5. The maximum Gasteiger partial charge on any atom is 0.358 e. The molecule has 0 saturated heterocycles. The molecule has 0 aromatic heterocycles. The van der Waals surface area contributed by atoms with Gasteiger partial charge in [0.2, 0.25) is 0 Å². The summed E-state index contributed by atoms with van der Waals surface area (Å²) < 4.78 is 27.0. The lowest BCUT2D eigenvalue weighted by Crippen LogP contribution is -2.02. The number of nitrogens with zero attached hydrogens (tertiary/aromatic N) is 1. The largest absolute Gasteiger partial charge is 0.358 e. The highest BCUT2D eigenvalue weighted by Crippen LogP contribution is 2.10. The van der Waals surface area contributed by atoms with E-state index in [-0.39, 0.29) is 11.3 Å². The van der Waals surface area contributed by atoms with E-state index in [1.807, 2.05) is 0 Å². The van der Waals surface area contributed by atoms with Crippen LogP contribution >= 0.6 is 0 Å². The number of benzene rings is 1. The molecule has 0 amide bonds. The Kier molecular flexibility index (Phi) is 3.99. The first-order valence-electron chi connectivity index (χ1n) is 4.11. The molecule has 0 spiro atoms. The predicted octanol–water partition coefficient (Wildman–Crippen LogP) is 0.967. The van der Waals surface area contributed by atoms with Crippen LogP contribution in [0.4, 0.5) is 0 Å². The van der Waals surface area contributed by atoms with E-state index in [4.69, 9.17) is 0 Å². The monoisotopic (exact) mass is 227 g/mol. The molecule has 6 heteroatoms. The summed E-state index contributed by atoms with van der Waals surface area (Å²) in [6, 6.07) is 7.63. The Morgan fingerprint density at radius 3 is 2.53 bits per heavy atom. The molecule has 0 bridgehead atoms. The molecule has 1 rings (SSSR count). The lowest BCUT2D eigenvalue weighted by atomic mass is 10.4. The fourth-order valence-corrected chi connectivity index (χ4v) is 1.55. The van der Waals surface area contributed by atoms with Gasteiger partial charge in [0.05, 0.1) is 6.21 Å². The summed E-state index contributed by atoms with van der Waals surface area (Å²) in [4.78, 5) is 9.92. The van der Waals surface area contributed by atoms with Crippen molar-refractivity contribution >= 4 is 22.6 Å². The molecule has 0 heterocycles. The van der Waals surface area contributed by atoms with Crippen molar-refractivity contribution in [2.45, 2.75) is 11.3 Å². The molecule has 0 aliphatic carbocycles. The Bertz CT molecular complexity index is 438. The average Bonchev–Trinajstić information content (AvgIpc) is 2.26. The van der Waals surface area contributed by atoms with Gasteiger partial charge in [-0.3, -0.25) is 4.28 Å². The highest BCUT2D eigenvalue weighted by Gasteiger charge is 2.13. The van der Waals surface area contributed by atoms with Crippen LogP contribution in [-0.4, -0.2) is 20.9 Å². The number of hydrogen-bond donors (Lipinski definition) is 0. The first-order valence-corrected chi connectivity index (χ1v) is 5.52. The van der Waals surface area contributed by atoms with Gasteiger partial charge in [0.1, 0.15) is 11.2 Å². The van der Waals surface area contributed by atoms with Gasteiger partial charge in [-0.2, -0.15) is 8.42 Å². The smallest absolute Gasteiger partial charge is 0.303 e. The van der Waals surface area contributed by atoms with Gasteiger partial charge in [-0.05, 0) is 12.1 Å². The van der Waals surface area contributed by atoms with Crippen molar-refractivity contribution in [2.24, 2.45) is 5.16 Å². The SMILES string of the molecule is O=CC/C=N/OS(=O)(=O)c1ccccc1. The van der Waals surface area contributed by atoms with Crippen LogP contribution in [0.3, 0.4) is 0 Å². The van der Waals surface area contributed by atoms with E-state index in [1.54, 1.807) is 18.2 Å². The van der Waals surface area contributed by atoms with Gasteiger partial charge >= 0.3 is 10.1 Å². The lowest BCUT2D eigenvalue weighted by molar-refractivity contribution is -0.106. The van der Waals surface area contributed by atoms with E-state index in [0.717, 1.165) is 6.21 Å². The van der Waals surface area contributed by atoms with Crippen LogP contribution in [-0.2, 0) is 19.2 Å². The minimum Gasteiger partial charge on any atom is -0.303 e. The van der Waals surface area contributed by atoms with Crippen LogP contribution in [0, 0.1) is 0 Å². The molecule has 0 atom stereocenters. The Hall–Kier alpha value is -1.69. The zero-order valence-electron chi connectivity index (χ0n) is 7.74. The zero-order valence-corrected chi connectivity index (χ0v) is 8.55. The van der Waals surface area contributed by atoms with Crippen LogP contribution in [0.25, 0.3) is 0 Å². The third-order valence-electron chi connectivity index (χ3n) is 1.45. The van der Waals surface area contributed by atoms with Gasteiger partial charge in [-0.25, -0.2) is 0 Å². The third-order valence-corrected chi connectivity index (χ3v) is 2.58. The van der Waals surface area contributed by atoms with Crippen LogP contribution in [0.5, 0.6) is 0 Å². The van der Waals surface area contributed by atoms with Gasteiger partial charge in [-0.15, -0.1) is 0 Å². The third kappa shape index (κ3) is 3.51. The van der Waals surface area contributed by atoms with Gasteiger partial charge in [-0.1, -0.05) is 23.4 Å². The quantitative estimate of drug-likeness (QED) is 0.427. The lowest BCUT2D eigenvalue weighted by Gasteiger charge is -1.99. The second-order valence-electron chi connectivity index (χ2n) is 2.53. The molecular formula is C9H9NO4S. The molecule has 0 saturated carbocycles. The van der Waals surface area contributed by atoms with E-state index >= 15 is 0 Å². The summed E-state index contributed by atoms with van der Waals surface area (Å²) >= 11 is 0. The van der Waals surface area contributed by atoms with Crippen LogP contribution in [0.15, 0.2) is 40.4 Å². The first kappa shape index (κ1) is 11.4.